The molecule has 2 aromatic rings. The minimum atomic E-state index is 0.191. The van der Waals surface area contributed by atoms with Crippen LogP contribution >= 0.6 is 27.3 Å². The van der Waals surface area contributed by atoms with E-state index in [9.17, 15) is 0 Å². The third-order valence-electron chi connectivity index (χ3n) is 3.17. The van der Waals surface area contributed by atoms with Crippen molar-refractivity contribution >= 4 is 27.3 Å². The Labute approximate surface area is 126 Å². The predicted octanol–water partition coefficient (Wildman–Crippen LogP) is 3.35. The first-order chi connectivity index (χ1) is 9.11. The fraction of sp³-hybridized carbons (Fsp3) is 0.357. The first kappa shape index (κ1) is 14.7. The van der Waals surface area contributed by atoms with Crippen LogP contribution in [0.25, 0.3) is 0 Å². The van der Waals surface area contributed by atoms with Gasteiger partial charge in [0.2, 0.25) is 0 Å². The highest BCUT2D eigenvalue weighted by atomic mass is 79.9. The van der Waals surface area contributed by atoms with Crippen LogP contribution in [0, 0.1) is 6.92 Å². The normalized spacial score (nSPS) is 12.9. The zero-order chi connectivity index (χ0) is 13.8. The Balaban J connectivity index is 2.18. The third kappa shape index (κ3) is 3.63. The van der Waals surface area contributed by atoms with Gasteiger partial charge in [-0.05, 0) is 31.2 Å². The standard InChI is InChI=1S/C14H18BrN3S/c1-10-3-4-12(13(15)5-10)14(6-16)18(2)7-11-8-19-9-17-11/h3-5,8-9,14H,6-7,16H2,1-2H3. The lowest BCUT2D eigenvalue weighted by Crippen LogP contribution is -2.30. The average Bonchev–Trinajstić information content (AvgIpc) is 2.85. The van der Waals surface area contributed by atoms with Crippen molar-refractivity contribution in [3.63, 3.8) is 0 Å². The van der Waals surface area contributed by atoms with Crippen molar-refractivity contribution in [1.29, 1.82) is 0 Å². The van der Waals surface area contributed by atoms with Crippen molar-refractivity contribution in [3.8, 4) is 0 Å². The summed E-state index contributed by atoms with van der Waals surface area (Å²) in [5.41, 5.74) is 11.4. The van der Waals surface area contributed by atoms with Gasteiger partial charge in [0.05, 0.1) is 11.2 Å². The van der Waals surface area contributed by atoms with Crippen molar-refractivity contribution in [3.05, 3.63) is 50.4 Å². The van der Waals surface area contributed by atoms with E-state index in [-0.39, 0.29) is 6.04 Å². The molecular weight excluding hydrogens is 322 g/mol. The Morgan fingerprint density at radius 2 is 2.26 bits per heavy atom. The summed E-state index contributed by atoms with van der Waals surface area (Å²) >= 11 is 5.26. The maximum Gasteiger partial charge on any atom is 0.0795 e. The molecule has 0 amide bonds. The van der Waals surface area contributed by atoms with Gasteiger partial charge in [0, 0.05) is 29.0 Å². The molecule has 1 atom stereocenters. The van der Waals surface area contributed by atoms with E-state index < -0.39 is 0 Å². The van der Waals surface area contributed by atoms with Gasteiger partial charge in [0.1, 0.15) is 0 Å². The lowest BCUT2D eigenvalue weighted by atomic mass is 10.0. The smallest absolute Gasteiger partial charge is 0.0795 e. The molecule has 0 bridgehead atoms. The molecule has 2 rings (SSSR count). The molecule has 5 heteroatoms. The molecule has 0 aliphatic heterocycles. The van der Waals surface area contributed by atoms with Gasteiger partial charge < -0.3 is 5.73 Å². The van der Waals surface area contributed by atoms with Gasteiger partial charge in [-0.15, -0.1) is 11.3 Å². The van der Waals surface area contributed by atoms with Gasteiger partial charge >= 0.3 is 0 Å². The number of likely N-dealkylation sites (N-methyl/N-ethyl adjacent to an activating group) is 1. The molecule has 0 saturated heterocycles. The molecule has 3 nitrogen and oxygen atoms in total. The van der Waals surface area contributed by atoms with Crippen molar-refractivity contribution < 1.29 is 0 Å². The molecule has 0 aliphatic carbocycles. The molecule has 102 valence electrons. The number of benzene rings is 1. The van der Waals surface area contributed by atoms with Gasteiger partial charge in [-0.25, -0.2) is 4.98 Å². The largest absolute Gasteiger partial charge is 0.329 e. The summed E-state index contributed by atoms with van der Waals surface area (Å²) in [6.07, 6.45) is 0. The monoisotopic (exact) mass is 339 g/mol. The highest BCUT2D eigenvalue weighted by Crippen LogP contribution is 2.28. The molecule has 1 heterocycles. The van der Waals surface area contributed by atoms with Gasteiger partial charge in [0.25, 0.3) is 0 Å². The van der Waals surface area contributed by atoms with Crippen LogP contribution in [0.3, 0.4) is 0 Å². The van der Waals surface area contributed by atoms with Crippen LogP contribution in [0.1, 0.15) is 22.9 Å². The summed E-state index contributed by atoms with van der Waals surface area (Å²) < 4.78 is 1.12. The fourth-order valence-electron chi connectivity index (χ4n) is 2.13. The first-order valence-electron chi connectivity index (χ1n) is 6.15. The van der Waals surface area contributed by atoms with Crippen LogP contribution in [-0.4, -0.2) is 23.5 Å². The van der Waals surface area contributed by atoms with Crippen LogP contribution in [0.4, 0.5) is 0 Å². The fourth-order valence-corrected chi connectivity index (χ4v) is 3.44. The van der Waals surface area contributed by atoms with E-state index in [1.165, 1.54) is 11.1 Å². The van der Waals surface area contributed by atoms with Crippen LogP contribution in [0.2, 0.25) is 0 Å². The minimum Gasteiger partial charge on any atom is -0.329 e. The zero-order valence-electron chi connectivity index (χ0n) is 11.1. The molecule has 0 saturated carbocycles. The second-order valence-corrected chi connectivity index (χ2v) is 6.24. The molecule has 1 aromatic carbocycles. The van der Waals surface area contributed by atoms with Crippen molar-refractivity contribution in [2.24, 2.45) is 5.73 Å². The zero-order valence-corrected chi connectivity index (χ0v) is 13.5. The quantitative estimate of drug-likeness (QED) is 0.908. The van der Waals surface area contributed by atoms with Crippen molar-refractivity contribution in [2.75, 3.05) is 13.6 Å². The number of nitrogens with two attached hydrogens (primary N) is 1. The minimum absolute atomic E-state index is 0.191. The van der Waals surface area contributed by atoms with E-state index in [4.69, 9.17) is 5.73 Å². The molecular formula is C14H18BrN3S. The molecule has 1 aromatic heterocycles. The van der Waals surface area contributed by atoms with E-state index in [0.717, 1.165) is 16.7 Å². The van der Waals surface area contributed by atoms with Crippen LogP contribution in [0.5, 0.6) is 0 Å². The number of thiazole rings is 1. The number of nitrogens with zero attached hydrogens (tertiary/aromatic N) is 2. The number of aryl methyl sites for hydroxylation is 1. The summed E-state index contributed by atoms with van der Waals surface area (Å²) in [7, 11) is 2.09. The van der Waals surface area contributed by atoms with E-state index in [1.54, 1.807) is 11.3 Å². The molecule has 2 N–H and O–H groups in total. The first-order valence-corrected chi connectivity index (χ1v) is 7.89. The molecule has 0 fully saturated rings. The molecule has 1 unspecified atom stereocenters. The van der Waals surface area contributed by atoms with E-state index in [0.29, 0.717) is 6.54 Å². The van der Waals surface area contributed by atoms with E-state index in [2.05, 4.69) is 63.4 Å². The molecule has 0 spiro atoms. The predicted molar refractivity (Wildman–Crippen MR) is 84.3 cm³/mol. The molecule has 0 aliphatic rings. The van der Waals surface area contributed by atoms with Gasteiger partial charge in [-0.2, -0.15) is 0 Å². The number of halogens is 1. The summed E-state index contributed by atoms with van der Waals surface area (Å²) in [5.74, 6) is 0. The number of aromatic nitrogens is 1. The Kier molecular flexibility index (Phi) is 5.10. The maximum atomic E-state index is 5.96. The summed E-state index contributed by atoms with van der Waals surface area (Å²) in [6, 6.07) is 6.60. The summed E-state index contributed by atoms with van der Waals surface area (Å²) in [4.78, 5) is 6.57. The number of rotatable bonds is 5. The Hall–Kier alpha value is -0.750. The van der Waals surface area contributed by atoms with Crippen molar-refractivity contribution in [1.82, 2.24) is 9.88 Å². The lowest BCUT2D eigenvalue weighted by molar-refractivity contribution is 0.239. The summed E-state index contributed by atoms with van der Waals surface area (Å²) in [5, 5.41) is 2.08. The highest BCUT2D eigenvalue weighted by molar-refractivity contribution is 9.10. The Morgan fingerprint density at radius 1 is 1.47 bits per heavy atom. The number of hydrogen-bond donors (Lipinski definition) is 1. The van der Waals surface area contributed by atoms with Crippen LogP contribution in [0.15, 0.2) is 33.6 Å². The van der Waals surface area contributed by atoms with Gasteiger partial charge in [-0.1, -0.05) is 28.1 Å². The second kappa shape index (κ2) is 6.61. The van der Waals surface area contributed by atoms with E-state index in [1.807, 2.05) is 5.51 Å². The molecule has 19 heavy (non-hydrogen) atoms. The maximum absolute atomic E-state index is 5.96. The van der Waals surface area contributed by atoms with Crippen LogP contribution < -0.4 is 5.73 Å². The van der Waals surface area contributed by atoms with Crippen LogP contribution in [-0.2, 0) is 6.54 Å². The topological polar surface area (TPSA) is 42.1 Å². The summed E-state index contributed by atoms with van der Waals surface area (Å²) in [6.45, 7) is 3.49. The second-order valence-electron chi connectivity index (χ2n) is 4.67. The van der Waals surface area contributed by atoms with Gasteiger partial charge in [0.15, 0.2) is 0 Å². The van der Waals surface area contributed by atoms with Gasteiger partial charge in [-0.3, -0.25) is 4.90 Å². The van der Waals surface area contributed by atoms with Crippen molar-refractivity contribution in [2.45, 2.75) is 19.5 Å². The number of hydrogen-bond acceptors (Lipinski definition) is 4. The lowest BCUT2D eigenvalue weighted by Gasteiger charge is -2.27. The average molecular weight is 340 g/mol. The van der Waals surface area contributed by atoms with E-state index >= 15 is 0 Å². The highest BCUT2D eigenvalue weighted by Gasteiger charge is 2.18. The molecule has 0 radical (unpaired) electrons. The third-order valence-corrected chi connectivity index (χ3v) is 4.49. The SMILES string of the molecule is Cc1ccc(C(CN)N(C)Cc2cscn2)c(Br)c1. The Morgan fingerprint density at radius 3 is 2.84 bits per heavy atom. The Bertz CT molecular complexity index is 527.